The summed E-state index contributed by atoms with van der Waals surface area (Å²) < 4.78 is 4.97. The van der Waals surface area contributed by atoms with Crippen molar-refractivity contribution in [3.05, 3.63) is 29.8 Å². The number of halogens is 1. The van der Waals surface area contributed by atoms with Gasteiger partial charge in [0.2, 0.25) is 0 Å². The fraction of sp³-hybridized carbons (Fsp3) is 0.680. The number of hydrogen-bond donors (Lipinski definition) is 1. The first-order valence-electron chi connectivity index (χ1n) is 12.2. The summed E-state index contributed by atoms with van der Waals surface area (Å²) in [5.41, 5.74) is 2.67. The van der Waals surface area contributed by atoms with Gasteiger partial charge in [-0.15, -0.1) is 24.0 Å². The highest BCUT2D eigenvalue weighted by molar-refractivity contribution is 14.0. The van der Waals surface area contributed by atoms with E-state index in [1.807, 2.05) is 0 Å². The molecule has 0 spiro atoms. The first-order chi connectivity index (χ1) is 15.5. The number of ether oxygens (including phenoxy) is 1. The van der Waals surface area contributed by atoms with Crippen molar-refractivity contribution in [1.29, 1.82) is 0 Å². The molecule has 0 aromatic heterocycles. The van der Waals surface area contributed by atoms with Crippen molar-refractivity contribution >= 4 is 41.6 Å². The van der Waals surface area contributed by atoms with Crippen LogP contribution in [0, 0.1) is 18.8 Å². The molecule has 2 aliphatic rings. The highest BCUT2D eigenvalue weighted by atomic mass is 127. The van der Waals surface area contributed by atoms with Gasteiger partial charge < -0.3 is 19.9 Å². The van der Waals surface area contributed by atoms with Crippen LogP contribution in [0.3, 0.4) is 0 Å². The van der Waals surface area contributed by atoms with E-state index in [4.69, 9.17) is 9.73 Å². The van der Waals surface area contributed by atoms with Gasteiger partial charge in [0.05, 0.1) is 13.0 Å². The van der Waals surface area contributed by atoms with Gasteiger partial charge in [-0.05, 0) is 56.8 Å². The van der Waals surface area contributed by atoms with Gasteiger partial charge in [-0.3, -0.25) is 14.7 Å². The topological polar surface area (TPSA) is 60.4 Å². The van der Waals surface area contributed by atoms with Gasteiger partial charge in [-0.1, -0.05) is 19.1 Å². The first-order valence-corrected chi connectivity index (χ1v) is 12.2. The number of anilines is 1. The number of carbonyl (C=O) groups excluding carboxylic acids is 1. The van der Waals surface area contributed by atoms with E-state index in [1.165, 1.54) is 18.4 Å². The lowest BCUT2D eigenvalue weighted by atomic mass is 9.99. The largest absolute Gasteiger partial charge is 0.469 e. The summed E-state index contributed by atoms with van der Waals surface area (Å²) in [4.78, 5) is 24.1. The number of esters is 1. The molecule has 1 N–H and O–H groups in total. The second kappa shape index (κ2) is 14.0. The zero-order valence-electron chi connectivity index (χ0n) is 20.8. The molecule has 2 fully saturated rings. The summed E-state index contributed by atoms with van der Waals surface area (Å²) in [5, 5.41) is 3.40. The van der Waals surface area contributed by atoms with Crippen LogP contribution in [0.4, 0.5) is 5.69 Å². The van der Waals surface area contributed by atoms with Crippen LogP contribution in [0.1, 0.15) is 32.3 Å². The molecule has 8 heteroatoms. The number of methoxy groups -OCH3 is 1. The van der Waals surface area contributed by atoms with E-state index < -0.39 is 0 Å². The maximum absolute atomic E-state index is 12.0. The van der Waals surface area contributed by atoms with E-state index in [2.05, 4.69) is 65.1 Å². The summed E-state index contributed by atoms with van der Waals surface area (Å²) >= 11 is 0. The molecule has 1 aromatic carbocycles. The Morgan fingerprint density at radius 1 is 1.18 bits per heavy atom. The molecule has 0 aliphatic carbocycles. The molecule has 0 bridgehead atoms. The molecule has 2 saturated heterocycles. The summed E-state index contributed by atoms with van der Waals surface area (Å²) in [5.74, 6) is 1.03. The van der Waals surface area contributed by atoms with Crippen molar-refractivity contribution in [2.24, 2.45) is 16.8 Å². The Morgan fingerprint density at radius 2 is 1.94 bits per heavy atom. The van der Waals surface area contributed by atoms with Crippen LogP contribution in [0.5, 0.6) is 0 Å². The molecule has 2 aliphatic heterocycles. The molecule has 0 amide bonds. The van der Waals surface area contributed by atoms with E-state index in [1.54, 1.807) is 0 Å². The Hall–Kier alpha value is -1.55. The number of unbranched alkanes of at least 4 members (excludes halogenated alkanes) is 1. The molecule has 33 heavy (non-hydrogen) atoms. The Balaban J connectivity index is 0.00000385. The molecule has 0 radical (unpaired) electrons. The number of guanidine groups is 1. The smallest absolute Gasteiger partial charge is 0.310 e. The average molecular weight is 572 g/mol. The quantitative estimate of drug-likeness (QED) is 0.170. The third kappa shape index (κ3) is 8.02. The predicted octanol–water partition coefficient (Wildman–Crippen LogP) is 3.22. The second-order valence-electron chi connectivity index (χ2n) is 9.12. The predicted molar refractivity (Wildman–Crippen MR) is 147 cm³/mol. The Labute approximate surface area is 216 Å². The van der Waals surface area contributed by atoms with E-state index >= 15 is 0 Å². The number of rotatable bonds is 8. The highest BCUT2D eigenvalue weighted by Crippen LogP contribution is 2.24. The Kier molecular flexibility index (Phi) is 11.7. The van der Waals surface area contributed by atoms with Crippen molar-refractivity contribution < 1.29 is 9.53 Å². The van der Waals surface area contributed by atoms with Crippen molar-refractivity contribution in [2.45, 2.75) is 33.6 Å². The number of nitrogens with zero attached hydrogens (tertiary/aromatic N) is 4. The normalized spacial score (nSPS) is 21.6. The molecule has 186 valence electrons. The number of aryl methyl sites for hydroxylation is 1. The number of nitrogens with one attached hydrogen (secondary N) is 1. The minimum atomic E-state index is -0.113. The summed E-state index contributed by atoms with van der Waals surface area (Å²) in [7, 11) is 1.47. The number of likely N-dealkylation sites (tertiary alicyclic amines) is 1. The maximum atomic E-state index is 12.0. The van der Waals surface area contributed by atoms with Crippen LogP contribution >= 0.6 is 24.0 Å². The van der Waals surface area contributed by atoms with Crippen molar-refractivity contribution in [3.63, 3.8) is 0 Å². The van der Waals surface area contributed by atoms with E-state index in [9.17, 15) is 4.79 Å². The number of aliphatic imine (C=N–C) groups is 1. The highest BCUT2D eigenvalue weighted by Gasteiger charge is 2.36. The van der Waals surface area contributed by atoms with Gasteiger partial charge in [0, 0.05) is 58.0 Å². The molecule has 2 heterocycles. The average Bonchev–Trinajstić information content (AvgIpc) is 3.19. The van der Waals surface area contributed by atoms with E-state index in [0.29, 0.717) is 6.54 Å². The van der Waals surface area contributed by atoms with Gasteiger partial charge in [0.15, 0.2) is 5.96 Å². The first kappa shape index (κ1) is 27.7. The Bertz CT molecular complexity index is 767. The molecular weight excluding hydrogens is 529 g/mol. The minimum absolute atomic E-state index is 0. The molecule has 2 unspecified atom stereocenters. The maximum Gasteiger partial charge on any atom is 0.310 e. The van der Waals surface area contributed by atoms with Gasteiger partial charge in [0.1, 0.15) is 0 Å². The lowest BCUT2D eigenvalue weighted by Crippen LogP contribution is -2.46. The van der Waals surface area contributed by atoms with Crippen LogP contribution in [-0.2, 0) is 9.53 Å². The summed E-state index contributed by atoms with van der Waals surface area (Å²) in [6, 6.07) is 8.81. The molecule has 7 nitrogen and oxygen atoms in total. The fourth-order valence-electron chi connectivity index (χ4n) is 4.71. The van der Waals surface area contributed by atoms with E-state index in [-0.39, 0.29) is 41.8 Å². The van der Waals surface area contributed by atoms with Crippen LogP contribution in [0.25, 0.3) is 0 Å². The van der Waals surface area contributed by atoms with Gasteiger partial charge in [-0.25, -0.2) is 0 Å². The van der Waals surface area contributed by atoms with Crippen molar-refractivity contribution in [1.82, 2.24) is 15.1 Å². The standard InChI is InChI=1S/C25H41N5O2.HI/c1-5-26-25(30-18-21(3)23(19-30)24(31)32-4)27-11-6-7-12-28-13-15-29(16-14-28)22-10-8-9-20(2)17-22;/h8-10,17,21,23H,5-7,11-16,18-19H2,1-4H3,(H,26,27);1H. The monoisotopic (exact) mass is 571 g/mol. The fourth-order valence-corrected chi connectivity index (χ4v) is 4.71. The zero-order valence-corrected chi connectivity index (χ0v) is 23.1. The third-order valence-electron chi connectivity index (χ3n) is 6.63. The summed E-state index contributed by atoms with van der Waals surface area (Å²) in [6.45, 7) is 15.1. The molecule has 3 rings (SSSR count). The third-order valence-corrected chi connectivity index (χ3v) is 6.63. The SMILES string of the molecule is CCNC(=NCCCCN1CCN(c2cccc(C)c2)CC1)N1CC(C)C(C(=O)OC)C1.I. The van der Waals surface area contributed by atoms with Crippen molar-refractivity contribution in [2.75, 3.05) is 70.9 Å². The second-order valence-corrected chi connectivity index (χ2v) is 9.12. The van der Waals surface area contributed by atoms with Crippen LogP contribution in [-0.4, -0.2) is 87.7 Å². The van der Waals surface area contributed by atoms with Gasteiger partial charge in [-0.2, -0.15) is 0 Å². The van der Waals surface area contributed by atoms with Crippen LogP contribution < -0.4 is 10.2 Å². The molecular formula is C25H42IN5O2. The van der Waals surface area contributed by atoms with Crippen LogP contribution in [0.15, 0.2) is 29.3 Å². The van der Waals surface area contributed by atoms with Gasteiger partial charge in [0.25, 0.3) is 0 Å². The minimum Gasteiger partial charge on any atom is -0.469 e. The van der Waals surface area contributed by atoms with Crippen molar-refractivity contribution in [3.8, 4) is 0 Å². The van der Waals surface area contributed by atoms with Gasteiger partial charge >= 0.3 is 5.97 Å². The number of benzene rings is 1. The molecule has 1 aromatic rings. The molecule has 0 saturated carbocycles. The number of hydrogen-bond acceptors (Lipinski definition) is 5. The summed E-state index contributed by atoms with van der Waals surface area (Å²) in [6.07, 6.45) is 2.24. The number of carbonyl (C=O) groups is 1. The Morgan fingerprint density at radius 3 is 2.61 bits per heavy atom. The van der Waals surface area contributed by atoms with E-state index in [0.717, 1.165) is 71.2 Å². The zero-order chi connectivity index (χ0) is 22.9. The molecule has 2 atom stereocenters. The number of piperazine rings is 1. The lowest BCUT2D eigenvalue weighted by molar-refractivity contribution is -0.145. The van der Waals surface area contributed by atoms with Crippen LogP contribution in [0.2, 0.25) is 0 Å². The lowest BCUT2D eigenvalue weighted by Gasteiger charge is -2.36.